The highest BCUT2D eigenvalue weighted by Gasteiger charge is 2.37. The number of carbonyl (C=O) groups is 2. The average Bonchev–Trinajstić information content (AvgIpc) is 3.57. The second kappa shape index (κ2) is 10.7. The smallest absolute Gasteiger partial charge is 0.492 e. The van der Waals surface area contributed by atoms with Gasteiger partial charge in [-0.05, 0) is 58.9 Å². The molecule has 1 aliphatic carbocycles. The normalized spacial score (nSPS) is 18.2. The molecule has 1 aromatic carbocycles. The van der Waals surface area contributed by atoms with E-state index in [1.807, 2.05) is 11.8 Å². The number of hydrogen-bond donors (Lipinski definition) is 0. The number of nitrogens with zero attached hydrogens (tertiary/aromatic N) is 3. The lowest BCUT2D eigenvalue weighted by atomic mass is 9.99. The minimum Gasteiger partial charge on any atom is -0.492 e. The second-order valence-electron chi connectivity index (χ2n) is 11.1. The molecule has 0 unspecified atom stereocenters. The van der Waals surface area contributed by atoms with Crippen molar-refractivity contribution in [2.24, 2.45) is 5.92 Å². The zero-order valence-electron chi connectivity index (χ0n) is 22.9. The van der Waals surface area contributed by atoms with Crippen LogP contribution in [0.5, 0.6) is 5.75 Å². The predicted molar refractivity (Wildman–Crippen MR) is 140 cm³/mol. The van der Waals surface area contributed by atoms with Gasteiger partial charge in [0.2, 0.25) is 5.43 Å². The van der Waals surface area contributed by atoms with Crippen molar-refractivity contribution in [3.63, 3.8) is 0 Å². The fourth-order valence-corrected chi connectivity index (χ4v) is 5.06. The number of ether oxygens (including phenoxy) is 2. The first kappa shape index (κ1) is 28.6. The molecule has 2 aromatic rings. The lowest BCUT2D eigenvalue weighted by Crippen LogP contribution is -2.43. The lowest BCUT2D eigenvalue weighted by molar-refractivity contribution is 0.0192. The van der Waals surface area contributed by atoms with Crippen molar-refractivity contribution >= 4 is 36.1 Å². The molecular weight excluding hydrogens is 518 g/mol. The summed E-state index contributed by atoms with van der Waals surface area (Å²) in [6.07, 6.45) is 2.89. The van der Waals surface area contributed by atoms with Crippen LogP contribution in [0.1, 0.15) is 63.4 Å². The van der Waals surface area contributed by atoms with Gasteiger partial charge in [0.25, 0.3) is 0 Å². The molecule has 39 heavy (non-hydrogen) atoms. The van der Waals surface area contributed by atoms with Crippen LogP contribution in [0.2, 0.25) is 0 Å². The summed E-state index contributed by atoms with van der Waals surface area (Å²) in [6.45, 7) is 8.18. The van der Waals surface area contributed by atoms with E-state index in [0.29, 0.717) is 19.5 Å². The molecule has 2 atom stereocenters. The van der Waals surface area contributed by atoms with Crippen molar-refractivity contribution in [1.82, 2.24) is 9.47 Å². The Morgan fingerprint density at radius 2 is 1.87 bits per heavy atom. The molecule has 0 bridgehead atoms. The lowest BCUT2D eigenvalue weighted by Gasteiger charge is -2.32. The quantitative estimate of drug-likeness (QED) is 0.463. The zero-order valence-corrected chi connectivity index (χ0v) is 22.9. The SMILES string of the molecule is COc1c(N2CC[C@@H]([C@@H](C)N(C)C(=O)OC(C)(C)C)C2)c(F)cc2c(=O)c(C(=O)OB(F)F)cn(C3CC3)c12. The Labute approximate surface area is 225 Å². The predicted octanol–water partition coefficient (Wildman–Crippen LogP) is 4.65. The summed E-state index contributed by atoms with van der Waals surface area (Å²) in [5.41, 5.74) is -1.69. The maximum atomic E-state index is 15.7. The monoisotopic (exact) mass is 551 g/mol. The molecule has 1 aliphatic heterocycles. The average molecular weight is 551 g/mol. The molecule has 2 aliphatic rings. The Bertz CT molecular complexity index is 1340. The van der Waals surface area contributed by atoms with Gasteiger partial charge in [-0.3, -0.25) is 4.79 Å². The maximum absolute atomic E-state index is 15.7. The van der Waals surface area contributed by atoms with Crippen LogP contribution in [-0.4, -0.2) is 67.9 Å². The summed E-state index contributed by atoms with van der Waals surface area (Å²) in [5, 5.41) is -0.155. The number of pyridine rings is 1. The van der Waals surface area contributed by atoms with Gasteiger partial charge in [0.05, 0.1) is 18.0 Å². The van der Waals surface area contributed by atoms with Crippen molar-refractivity contribution in [3.05, 3.63) is 33.9 Å². The van der Waals surface area contributed by atoms with Gasteiger partial charge >= 0.3 is 19.5 Å². The Morgan fingerprint density at radius 1 is 1.21 bits per heavy atom. The summed E-state index contributed by atoms with van der Waals surface area (Å²) in [7, 11) is -0.357. The minimum absolute atomic E-state index is 0.000519. The van der Waals surface area contributed by atoms with Crippen LogP contribution in [0, 0.1) is 11.7 Å². The van der Waals surface area contributed by atoms with Gasteiger partial charge in [-0.1, -0.05) is 0 Å². The van der Waals surface area contributed by atoms with Crippen LogP contribution in [0.4, 0.5) is 23.5 Å². The van der Waals surface area contributed by atoms with Gasteiger partial charge in [0.1, 0.15) is 16.9 Å². The van der Waals surface area contributed by atoms with Crippen LogP contribution in [0.25, 0.3) is 10.9 Å². The van der Waals surface area contributed by atoms with Crippen LogP contribution in [0.15, 0.2) is 17.1 Å². The minimum atomic E-state index is -3.39. The highest BCUT2D eigenvalue weighted by molar-refractivity contribution is 6.38. The molecule has 1 saturated heterocycles. The van der Waals surface area contributed by atoms with Gasteiger partial charge in [-0.25, -0.2) is 22.6 Å². The number of anilines is 1. The zero-order chi connectivity index (χ0) is 28.8. The van der Waals surface area contributed by atoms with Gasteiger partial charge in [-0.2, -0.15) is 0 Å². The molecule has 13 heteroatoms. The largest absolute Gasteiger partial charge is 0.798 e. The number of aromatic nitrogens is 1. The van der Waals surface area contributed by atoms with E-state index in [-0.39, 0.29) is 40.3 Å². The van der Waals surface area contributed by atoms with Crippen molar-refractivity contribution in [2.45, 2.75) is 64.6 Å². The molecule has 2 heterocycles. The fraction of sp³-hybridized carbons (Fsp3) is 0.577. The summed E-state index contributed by atoms with van der Waals surface area (Å²) >= 11 is 0. The van der Waals surface area contributed by atoms with E-state index in [4.69, 9.17) is 9.47 Å². The fourth-order valence-electron chi connectivity index (χ4n) is 5.06. The van der Waals surface area contributed by atoms with E-state index >= 15 is 4.39 Å². The highest BCUT2D eigenvalue weighted by atomic mass is 19.2. The first-order chi connectivity index (χ1) is 18.2. The first-order valence-electron chi connectivity index (χ1n) is 12.9. The first-order valence-corrected chi connectivity index (χ1v) is 12.9. The molecule has 1 saturated carbocycles. The Morgan fingerprint density at radius 3 is 2.44 bits per heavy atom. The molecule has 9 nitrogen and oxygen atoms in total. The number of amides is 1. The molecule has 0 spiro atoms. The third-order valence-corrected chi connectivity index (χ3v) is 7.27. The Balaban J connectivity index is 1.71. The number of benzene rings is 1. The number of halogens is 3. The topological polar surface area (TPSA) is 90.3 Å². The molecule has 0 N–H and O–H groups in total. The standard InChI is InChI=1S/C26H33BF3N3O6/c1-14(31(5)25(36)38-26(2,3)4)15-9-10-32(12-15)21-19(28)11-17-20(23(21)37-6)33(16-7-8-16)13-18(22(17)34)24(35)39-27(29)30/h11,13-16H,7-10,12H2,1-6H3/t14-,15-/m1/s1. The molecule has 2 fully saturated rings. The van der Waals surface area contributed by atoms with E-state index in [9.17, 15) is 23.0 Å². The second-order valence-corrected chi connectivity index (χ2v) is 11.1. The summed E-state index contributed by atoms with van der Waals surface area (Å²) in [6, 6.07) is 0.719. The molecule has 0 radical (unpaired) electrons. The highest BCUT2D eigenvalue weighted by Crippen LogP contribution is 2.45. The Kier molecular flexibility index (Phi) is 7.82. The van der Waals surface area contributed by atoms with Crippen molar-refractivity contribution in [2.75, 3.05) is 32.1 Å². The number of fused-ring (bicyclic) bond motifs is 1. The van der Waals surface area contributed by atoms with E-state index < -0.39 is 41.9 Å². The molecule has 4 rings (SSSR count). The van der Waals surface area contributed by atoms with Gasteiger partial charge < -0.3 is 28.5 Å². The maximum Gasteiger partial charge on any atom is 0.798 e. The number of methoxy groups -OCH3 is 1. The van der Waals surface area contributed by atoms with Crippen LogP contribution in [0.3, 0.4) is 0 Å². The summed E-state index contributed by atoms with van der Waals surface area (Å²) in [5.74, 6) is -2.09. The molecule has 1 aromatic heterocycles. The van der Waals surface area contributed by atoms with E-state index in [2.05, 4.69) is 4.65 Å². The summed E-state index contributed by atoms with van der Waals surface area (Å²) in [4.78, 5) is 41.3. The van der Waals surface area contributed by atoms with Crippen LogP contribution < -0.4 is 15.1 Å². The van der Waals surface area contributed by atoms with Crippen molar-refractivity contribution in [1.29, 1.82) is 0 Å². The molecule has 212 valence electrons. The van der Waals surface area contributed by atoms with Crippen LogP contribution >= 0.6 is 0 Å². The van der Waals surface area contributed by atoms with E-state index in [0.717, 1.165) is 18.9 Å². The van der Waals surface area contributed by atoms with Gasteiger partial charge in [0, 0.05) is 38.4 Å². The van der Waals surface area contributed by atoms with Crippen molar-refractivity contribution < 1.29 is 36.7 Å². The van der Waals surface area contributed by atoms with E-state index in [1.54, 1.807) is 32.4 Å². The molecule has 1 amide bonds. The summed E-state index contributed by atoms with van der Waals surface area (Å²) < 4.78 is 57.8. The number of hydrogen-bond acceptors (Lipinski definition) is 7. The van der Waals surface area contributed by atoms with Crippen LogP contribution in [-0.2, 0) is 9.39 Å². The third-order valence-electron chi connectivity index (χ3n) is 7.27. The molecular formula is C26H33BF3N3O6. The van der Waals surface area contributed by atoms with Gasteiger partial charge in [0.15, 0.2) is 11.6 Å². The van der Waals surface area contributed by atoms with E-state index in [1.165, 1.54) is 18.2 Å². The van der Waals surface area contributed by atoms with Gasteiger partial charge in [-0.15, -0.1) is 0 Å². The number of carbonyl (C=O) groups excluding carboxylic acids is 2. The van der Waals surface area contributed by atoms with Crippen molar-refractivity contribution in [3.8, 4) is 5.75 Å². The number of rotatable bonds is 7. The Hall–Kier alpha value is -3.38. The third kappa shape index (κ3) is 5.81.